The Morgan fingerprint density at radius 2 is 2.06 bits per heavy atom. The van der Waals surface area contributed by atoms with Crippen LogP contribution >= 0.6 is 0 Å². The van der Waals surface area contributed by atoms with Crippen LogP contribution in [0.2, 0.25) is 0 Å². The van der Waals surface area contributed by atoms with E-state index < -0.39 is 17.4 Å². The zero-order valence-electron chi connectivity index (χ0n) is 10.1. The average Bonchev–Trinajstić information content (AvgIpc) is 2.41. The lowest BCUT2D eigenvalue weighted by atomic mass is 9.79. The van der Waals surface area contributed by atoms with Crippen LogP contribution in [0.5, 0.6) is 0 Å². The van der Waals surface area contributed by atoms with Crippen LogP contribution < -0.4 is 0 Å². The van der Waals surface area contributed by atoms with Gasteiger partial charge >= 0.3 is 5.97 Å². The zero-order chi connectivity index (χ0) is 13.2. The molecule has 1 aliphatic carbocycles. The third-order valence-corrected chi connectivity index (χ3v) is 3.15. The number of hydrogen-bond donors (Lipinski definition) is 1. The van der Waals surface area contributed by atoms with E-state index in [4.69, 9.17) is 0 Å². The highest BCUT2D eigenvalue weighted by Gasteiger charge is 2.39. The number of ether oxygens (including phenoxy) is 1. The highest BCUT2D eigenvalue weighted by atomic mass is 16.5. The van der Waals surface area contributed by atoms with E-state index in [0.29, 0.717) is 5.56 Å². The zero-order valence-corrected chi connectivity index (χ0v) is 10.1. The van der Waals surface area contributed by atoms with Crippen molar-refractivity contribution in [2.75, 3.05) is 7.11 Å². The Bertz CT molecular complexity index is 518. The van der Waals surface area contributed by atoms with Gasteiger partial charge in [0.1, 0.15) is 0 Å². The molecule has 0 heterocycles. The largest absolute Gasteiger partial charge is 0.469 e. The smallest absolute Gasteiger partial charge is 0.305 e. The molecule has 2 rings (SSSR count). The molecule has 0 saturated heterocycles. The number of fused-ring (bicyclic) bond motifs is 1. The van der Waals surface area contributed by atoms with Crippen molar-refractivity contribution >= 4 is 17.8 Å². The molecule has 0 spiro atoms. The number of carbonyl (C=O) groups is 2. The lowest BCUT2D eigenvalue weighted by Gasteiger charge is -2.29. The van der Waals surface area contributed by atoms with Crippen molar-refractivity contribution < 1.29 is 19.4 Å². The Hall–Kier alpha value is -1.94. The predicted molar refractivity (Wildman–Crippen MR) is 65.6 cm³/mol. The van der Waals surface area contributed by atoms with Gasteiger partial charge in [-0.25, -0.2) is 0 Å². The number of ketones is 1. The van der Waals surface area contributed by atoms with Crippen molar-refractivity contribution in [1.29, 1.82) is 0 Å². The third-order valence-electron chi connectivity index (χ3n) is 3.15. The first kappa shape index (κ1) is 12.5. The number of esters is 1. The van der Waals surface area contributed by atoms with Crippen molar-refractivity contribution in [2.24, 2.45) is 0 Å². The maximum atomic E-state index is 11.9. The first-order valence-corrected chi connectivity index (χ1v) is 5.69. The van der Waals surface area contributed by atoms with E-state index >= 15 is 0 Å². The molecule has 0 amide bonds. The van der Waals surface area contributed by atoms with Gasteiger partial charge in [-0.3, -0.25) is 9.59 Å². The van der Waals surface area contributed by atoms with Gasteiger partial charge in [0.2, 0.25) is 0 Å². The number of aliphatic hydroxyl groups is 1. The molecule has 0 aromatic heterocycles. The Morgan fingerprint density at radius 1 is 1.33 bits per heavy atom. The van der Waals surface area contributed by atoms with Crippen LogP contribution in [0.1, 0.15) is 24.0 Å². The first-order valence-electron chi connectivity index (χ1n) is 5.69. The van der Waals surface area contributed by atoms with Crippen LogP contribution in [0, 0.1) is 0 Å². The molecule has 0 fully saturated rings. The van der Waals surface area contributed by atoms with Gasteiger partial charge in [0.25, 0.3) is 0 Å². The molecule has 94 valence electrons. The molecular formula is C14H14O4. The predicted octanol–water partition coefficient (Wildman–Crippen LogP) is 1.42. The topological polar surface area (TPSA) is 63.6 Å². The fourth-order valence-corrected chi connectivity index (χ4v) is 2.10. The summed E-state index contributed by atoms with van der Waals surface area (Å²) in [4.78, 5) is 23.0. The van der Waals surface area contributed by atoms with E-state index in [1.807, 2.05) is 12.1 Å². The summed E-state index contributed by atoms with van der Waals surface area (Å²) in [6, 6.07) is 7.11. The maximum absolute atomic E-state index is 11.9. The summed E-state index contributed by atoms with van der Waals surface area (Å²) in [5, 5.41) is 10.5. The van der Waals surface area contributed by atoms with Gasteiger partial charge < -0.3 is 9.84 Å². The fourth-order valence-electron chi connectivity index (χ4n) is 2.10. The molecule has 4 heteroatoms. The average molecular weight is 246 g/mol. The maximum Gasteiger partial charge on any atom is 0.305 e. The van der Waals surface area contributed by atoms with Crippen LogP contribution in [0.4, 0.5) is 0 Å². The molecule has 1 N–H and O–H groups in total. The quantitative estimate of drug-likeness (QED) is 0.819. The summed E-state index contributed by atoms with van der Waals surface area (Å²) >= 11 is 0. The van der Waals surface area contributed by atoms with E-state index in [-0.39, 0.29) is 12.8 Å². The van der Waals surface area contributed by atoms with Crippen LogP contribution in [0.3, 0.4) is 0 Å². The fraction of sp³-hybridized carbons (Fsp3) is 0.286. The second kappa shape index (κ2) is 4.74. The minimum Gasteiger partial charge on any atom is -0.469 e. The molecule has 1 aromatic rings. The van der Waals surface area contributed by atoms with E-state index in [9.17, 15) is 14.7 Å². The lowest BCUT2D eigenvalue weighted by Crippen LogP contribution is -2.37. The second-order valence-corrected chi connectivity index (χ2v) is 4.22. The van der Waals surface area contributed by atoms with E-state index in [1.165, 1.54) is 13.2 Å². The number of methoxy groups -OCH3 is 1. The van der Waals surface area contributed by atoms with Crippen LogP contribution in [0.15, 0.2) is 30.3 Å². The molecule has 1 aromatic carbocycles. The Labute approximate surface area is 105 Å². The summed E-state index contributed by atoms with van der Waals surface area (Å²) in [5.41, 5.74) is -0.287. The van der Waals surface area contributed by atoms with Crippen LogP contribution in [-0.4, -0.2) is 24.0 Å². The summed E-state index contributed by atoms with van der Waals surface area (Å²) in [5.74, 6) is -0.839. The number of benzene rings is 1. The summed E-state index contributed by atoms with van der Waals surface area (Å²) in [7, 11) is 1.28. The molecule has 1 aliphatic rings. The lowest BCUT2D eigenvalue weighted by molar-refractivity contribution is -0.144. The van der Waals surface area contributed by atoms with Gasteiger partial charge in [0, 0.05) is 6.42 Å². The highest BCUT2D eigenvalue weighted by molar-refractivity contribution is 6.03. The van der Waals surface area contributed by atoms with Crippen molar-refractivity contribution in [3.8, 4) is 0 Å². The minimum absolute atomic E-state index is 0.000907. The Morgan fingerprint density at radius 3 is 2.78 bits per heavy atom. The number of rotatable bonds is 3. The monoisotopic (exact) mass is 246 g/mol. The van der Waals surface area contributed by atoms with Gasteiger partial charge in [0.15, 0.2) is 11.4 Å². The Kier molecular flexibility index (Phi) is 3.30. The van der Waals surface area contributed by atoms with Crippen molar-refractivity contribution in [3.63, 3.8) is 0 Å². The molecule has 4 nitrogen and oxygen atoms in total. The summed E-state index contributed by atoms with van der Waals surface area (Å²) in [6.07, 6.45) is 3.05. The SMILES string of the molecule is COC(=O)CCC1(O)C(=O)C=Cc2ccccc21. The van der Waals surface area contributed by atoms with Crippen LogP contribution in [0.25, 0.3) is 6.08 Å². The van der Waals surface area contributed by atoms with Crippen molar-refractivity contribution in [1.82, 2.24) is 0 Å². The highest BCUT2D eigenvalue weighted by Crippen LogP contribution is 2.34. The van der Waals surface area contributed by atoms with Gasteiger partial charge in [0.05, 0.1) is 7.11 Å². The first-order chi connectivity index (χ1) is 8.58. The van der Waals surface area contributed by atoms with E-state index in [1.54, 1.807) is 18.2 Å². The molecule has 0 saturated carbocycles. The molecule has 1 unspecified atom stereocenters. The Balaban J connectivity index is 2.33. The van der Waals surface area contributed by atoms with Crippen molar-refractivity contribution in [2.45, 2.75) is 18.4 Å². The standard InChI is InChI=1S/C14H14O4/c1-18-13(16)8-9-14(17)11-5-3-2-4-10(11)6-7-12(14)15/h2-7,17H,8-9H2,1H3. The third kappa shape index (κ3) is 2.07. The van der Waals surface area contributed by atoms with E-state index in [0.717, 1.165) is 5.56 Å². The van der Waals surface area contributed by atoms with Crippen molar-refractivity contribution in [3.05, 3.63) is 41.5 Å². The summed E-state index contributed by atoms with van der Waals surface area (Å²) < 4.78 is 4.53. The molecular weight excluding hydrogens is 232 g/mol. The molecule has 0 bridgehead atoms. The minimum atomic E-state index is -1.63. The van der Waals surface area contributed by atoms with Gasteiger partial charge in [-0.15, -0.1) is 0 Å². The molecule has 0 radical (unpaired) electrons. The second-order valence-electron chi connectivity index (χ2n) is 4.22. The van der Waals surface area contributed by atoms with E-state index in [2.05, 4.69) is 4.74 Å². The van der Waals surface area contributed by atoms with Crippen LogP contribution in [-0.2, 0) is 19.9 Å². The van der Waals surface area contributed by atoms with Gasteiger partial charge in [-0.2, -0.15) is 0 Å². The van der Waals surface area contributed by atoms with Gasteiger partial charge in [-0.1, -0.05) is 30.3 Å². The molecule has 0 aliphatic heterocycles. The number of hydrogen-bond acceptors (Lipinski definition) is 4. The molecule has 1 atom stereocenters. The summed E-state index contributed by atoms with van der Waals surface area (Å²) in [6.45, 7) is 0. The normalized spacial score (nSPS) is 21.6. The number of carbonyl (C=O) groups excluding carboxylic acids is 2. The molecule has 18 heavy (non-hydrogen) atoms. The van der Waals surface area contributed by atoms with Gasteiger partial charge in [-0.05, 0) is 23.6 Å².